The molecule has 3 N–H and O–H groups in total. The van der Waals surface area contributed by atoms with E-state index in [1.54, 1.807) is 23.6 Å². The Morgan fingerprint density at radius 3 is 2.84 bits per heavy atom. The Bertz CT molecular complexity index is 536. The highest BCUT2D eigenvalue weighted by molar-refractivity contribution is 7.09. The van der Waals surface area contributed by atoms with Crippen LogP contribution in [0.25, 0.3) is 0 Å². The zero-order valence-corrected chi connectivity index (χ0v) is 11.5. The fraction of sp³-hybridized carbons (Fsp3) is 0.231. The van der Waals surface area contributed by atoms with Crippen LogP contribution >= 0.6 is 11.3 Å². The summed E-state index contributed by atoms with van der Waals surface area (Å²) in [7, 11) is 0. The SMILES string of the molecule is CCN(Cc1cccs1)c1ccc(/C(N)=N/O)nc1. The second-order valence-corrected chi connectivity index (χ2v) is 5.01. The maximum atomic E-state index is 8.60. The first-order valence-corrected chi connectivity index (χ1v) is 6.83. The quantitative estimate of drug-likeness (QED) is 0.380. The Morgan fingerprint density at radius 1 is 1.47 bits per heavy atom. The molecule has 0 fully saturated rings. The summed E-state index contributed by atoms with van der Waals surface area (Å²) in [5.41, 5.74) is 6.98. The molecule has 0 radical (unpaired) electrons. The molecule has 2 aromatic rings. The van der Waals surface area contributed by atoms with Crippen molar-refractivity contribution >= 4 is 22.9 Å². The van der Waals surface area contributed by atoms with Crippen LogP contribution in [0.1, 0.15) is 17.5 Å². The lowest BCUT2D eigenvalue weighted by Gasteiger charge is -2.22. The average Bonchev–Trinajstić information content (AvgIpc) is 2.97. The number of nitrogens with zero attached hydrogens (tertiary/aromatic N) is 3. The van der Waals surface area contributed by atoms with Crippen molar-refractivity contribution in [2.45, 2.75) is 13.5 Å². The molecule has 100 valence electrons. The lowest BCUT2D eigenvalue weighted by molar-refractivity contribution is 0.318. The molecular weight excluding hydrogens is 260 g/mol. The summed E-state index contributed by atoms with van der Waals surface area (Å²) in [4.78, 5) is 7.72. The number of amidine groups is 1. The first-order chi connectivity index (χ1) is 9.24. The van der Waals surface area contributed by atoms with Gasteiger partial charge >= 0.3 is 0 Å². The minimum atomic E-state index is 0.0212. The fourth-order valence-corrected chi connectivity index (χ4v) is 2.47. The topological polar surface area (TPSA) is 74.7 Å². The summed E-state index contributed by atoms with van der Waals surface area (Å²) < 4.78 is 0. The summed E-state index contributed by atoms with van der Waals surface area (Å²) in [5, 5.41) is 13.6. The smallest absolute Gasteiger partial charge is 0.188 e. The molecule has 19 heavy (non-hydrogen) atoms. The van der Waals surface area contributed by atoms with E-state index in [0.29, 0.717) is 5.69 Å². The summed E-state index contributed by atoms with van der Waals surface area (Å²) in [6.45, 7) is 3.85. The number of anilines is 1. The molecule has 0 saturated heterocycles. The average molecular weight is 276 g/mol. The van der Waals surface area contributed by atoms with Crippen molar-refractivity contribution in [2.24, 2.45) is 10.9 Å². The van der Waals surface area contributed by atoms with Gasteiger partial charge in [-0.25, -0.2) is 0 Å². The molecule has 2 aromatic heterocycles. The second kappa shape index (κ2) is 6.19. The Kier molecular flexibility index (Phi) is 4.35. The number of thiophene rings is 1. The summed E-state index contributed by atoms with van der Waals surface area (Å²) in [5.74, 6) is 0.0212. The number of aromatic nitrogens is 1. The van der Waals surface area contributed by atoms with E-state index >= 15 is 0 Å². The summed E-state index contributed by atoms with van der Waals surface area (Å²) >= 11 is 1.74. The van der Waals surface area contributed by atoms with E-state index < -0.39 is 0 Å². The van der Waals surface area contributed by atoms with Crippen molar-refractivity contribution < 1.29 is 5.21 Å². The van der Waals surface area contributed by atoms with Crippen molar-refractivity contribution in [3.8, 4) is 0 Å². The third kappa shape index (κ3) is 3.23. The van der Waals surface area contributed by atoms with Crippen LogP contribution in [-0.2, 0) is 6.54 Å². The summed E-state index contributed by atoms with van der Waals surface area (Å²) in [6.07, 6.45) is 1.74. The van der Waals surface area contributed by atoms with Crippen LogP contribution in [-0.4, -0.2) is 22.6 Å². The minimum Gasteiger partial charge on any atom is -0.409 e. The molecule has 0 aliphatic heterocycles. The van der Waals surface area contributed by atoms with Crippen LogP contribution in [0, 0.1) is 0 Å². The number of hydrogen-bond acceptors (Lipinski definition) is 5. The highest BCUT2D eigenvalue weighted by Gasteiger charge is 2.08. The number of rotatable bonds is 5. The van der Waals surface area contributed by atoms with E-state index in [9.17, 15) is 0 Å². The zero-order valence-electron chi connectivity index (χ0n) is 10.7. The van der Waals surface area contributed by atoms with Crippen LogP contribution < -0.4 is 10.6 Å². The monoisotopic (exact) mass is 276 g/mol. The Hall–Kier alpha value is -2.08. The molecule has 5 nitrogen and oxygen atoms in total. The normalized spacial score (nSPS) is 11.5. The van der Waals surface area contributed by atoms with E-state index in [-0.39, 0.29) is 5.84 Å². The third-order valence-electron chi connectivity index (χ3n) is 2.79. The largest absolute Gasteiger partial charge is 0.409 e. The molecule has 0 aliphatic rings. The molecular formula is C13H16N4OS. The predicted octanol–water partition coefficient (Wildman–Crippen LogP) is 2.26. The first-order valence-electron chi connectivity index (χ1n) is 5.96. The van der Waals surface area contributed by atoms with E-state index in [1.165, 1.54) is 4.88 Å². The molecule has 0 atom stereocenters. The van der Waals surface area contributed by atoms with Gasteiger partial charge in [0.15, 0.2) is 5.84 Å². The third-order valence-corrected chi connectivity index (χ3v) is 3.65. The van der Waals surface area contributed by atoms with Crippen LogP contribution in [0.3, 0.4) is 0 Å². The van der Waals surface area contributed by atoms with Gasteiger partial charge in [0.25, 0.3) is 0 Å². The number of hydrogen-bond donors (Lipinski definition) is 2. The highest BCUT2D eigenvalue weighted by Crippen LogP contribution is 2.18. The summed E-state index contributed by atoms with van der Waals surface area (Å²) in [6, 6.07) is 7.85. The van der Waals surface area contributed by atoms with Crippen LogP contribution in [0.2, 0.25) is 0 Å². The zero-order chi connectivity index (χ0) is 13.7. The van der Waals surface area contributed by atoms with E-state index in [4.69, 9.17) is 10.9 Å². The van der Waals surface area contributed by atoms with Crippen molar-refractivity contribution in [2.75, 3.05) is 11.4 Å². The Labute approximate surface area is 116 Å². The maximum absolute atomic E-state index is 8.60. The van der Waals surface area contributed by atoms with Gasteiger partial charge in [-0.15, -0.1) is 11.3 Å². The van der Waals surface area contributed by atoms with Gasteiger partial charge in [-0.3, -0.25) is 4.98 Å². The maximum Gasteiger partial charge on any atom is 0.188 e. The number of pyridine rings is 1. The van der Waals surface area contributed by atoms with Gasteiger partial charge in [0.2, 0.25) is 0 Å². The minimum absolute atomic E-state index is 0.0212. The van der Waals surface area contributed by atoms with Gasteiger partial charge in [0, 0.05) is 11.4 Å². The molecule has 0 bridgehead atoms. The standard InChI is InChI=1S/C13H16N4OS/c1-2-17(9-11-4-3-7-19-11)10-5-6-12(15-8-10)13(14)16-18/h3-8,18H,2,9H2,1H3,(H2,14,16). The van der Waals surface area contributed by atoms with Gasteiger partial charge in [0.05, 0.1) is 18.4 Å². The lowest BCUT2D eigenvalue weighted by Crippen LogP contribution is -2.22. The van der Waals surface area contributed by atoms with Crippen molar-refractivity contribution in [3.05, 3.63) is 46.4 Å². The molecule has 6 heteroatoms. The Morgan fingerprint density at radius 2 is 2.32 bits per heavy atom. The van der Waals surface area contributed by atoms with Gasteiger partial charge < -0.3 is 15.8 Å². The van der Waals surface area contributed by atoms with Gasteiger partial charge in [-0.2, -0.15) is 0 Å². The molecule has 0 aliphatic carbocycles. The lowest BCUT2D eigenvalue weighted by atomic mass is 10.3. The Balaban J connectivity index is 2.15. The van der Waals surface area contributed by atoms with Gasteiger partial charge in [-0.05, 0) is 30.5 Å². The van der Waals surface area contributed by atoms with Crippen molar-refractivity contribution in [1.29, 1.82) is 0 Å². The fourth-order valence-electron chi connectivity index (χ4n) is 1.75. The second-order valence-electron chi connectivity index (χ2n) is 3.98. The highest BCUT2D eigenvalue weighted by atomic mass is 32.1. The van der Waals surface area contributed by atoms with E-state index in [0.717, 1.165) is 18.8 Å². The molecule has 0 amide bonds. The molecule has 2 rings (SSSR count). The van der Waals surface area contributed by atoms with Gasteiger partial charge in [-0.1, -0.05) is 11.2 Å². The van der Waals surface area contributed by atoms with Crippen LogP contribution in [0.15, 0.2) is 41.0 Å². The van der Waals surface area contributed by atoms with E-state index in [1.807, 2.05) is 12.1 Å². The molecule has 0 aromatic carbocycles. The van der Waals surface area contributed by atoms with Crippen molar-refractivity contribution in [1.82, 2.24) is 4.98 Å². The number of oxime groups is 1. The van der Waals surface area contributed by atoms with E-state index in [2.05, 4.69) is 33.4 Å². The van der Waals surface area contributed by atoms with Crippen LogP contribution in [0.5, 0.6) is 0 Å². The first kappa shape index (κ1) is 13.4. The van der Waals surface area contributed by atoms with Crippen LogP contribution in [0.4, 0.5) is 5.69 Å². The van der Waals surface area contributed by atoms with Gasteiger partial charge in [0.1, 0.15) is 5.69 Å². The van der Waals surface area contributed by atoms with Crippen molar-refractivity contribution in [3.63, 3.8) is 0 Å². The molecule has 0 unspecified atom stereocenters. The molecule has 0 saturated carbocycles. The molecule has 0 spiro atoms. The predicted molar refractivity (Wildman–Crippen MR) is 77.8 cm³/mol. The molecule has 2 heterocycles. The number of nitrogens with two attached hydrogens (primary N) is 1.